The van der Waals surface area contributed by atoms with E-state index in [9.17, 15) is 0 Å². The van der Waals surface area contributed by atoms with Gasteiger partial charge in [0.15, 0.2) is 0 Å². The fourth-order valence-corrected chi connectivity index (χ4v) is 6.43. The number of benzene rings is 4. The number of imidazole rings is 1. The summed E-state index contributed by atoms with van der Waals surface area (Å²) >= 11 is 0. The molecule has 5 aromatic rings. The highest BCUT2D eigenvalue weighted by Gasteiger charge is 2.13. The lowest BCUT2D eigenvalue weighted by Crippen LogP contribution is -2.28. The monoisotopic (exact) mass is 522 g/mol. The third-order valence-corrected chi connectivity index (χ3v) is 8.57. The Labute approximate surface area is 235 Å². The first-order valence-electron chi connectivity index (χ1n) is 13.9. The van der Waals surface area contributed by atoms with E-state index in [2.05, 4.69) is 150 Å². The van der Waals surface area contributed by atoms with E-state index in [0.717, 1.165) is 32.0 Å². The van der Waals surface area contributed by atoms with Gasteiger partial charge in [-0.1, -0.05) is 139 Å². The Morgan fingerprint density at radius 1 is 0.769 bits per heavy atom. The normalized spacial score (nSPS) is 12.1. The molecular formula is C35H35BN2Si. The molecule has 0 fully saturated rings. The van der Waals surface area contributed by atoms with E-state index < -0.39 is 0 Å². The van der Waals surface area contributed by atoms with Crippen LogP contribution in [0, 0.1) is 0 Å². The van der Waals surface area contributed by atoms with Crippen LogP contribution in [0.15, 0.2) is 145 Å². The molecule has 1 aromatic heterocycles. The Balaban J connectivity index is 1.20. The largest absolute Gasteiger partial charge is 0.346 e. The maximum atomic E-state index is 4.75. The summed E-state index contributed by atoms with van der Waals surface area (Å²) in [5, 5.41) is 0. The molecule has 1 heterocycles. The minimum atomic E-state index is -0.380. The van der Waals surface area contributed by atoms with E-state index in [4.69, 9.17) is 4.98 Å². The fourth-order valence-electron chi connectivity index (χ4n) is 5.13. The molecule has 0 saturated heterocycles. The van der Waals surface area contributed by atoms with Gasteiger partial charge in [0.05, 0.1) is 15.2 Å². The van der Waals surface area contributed by atoms with Crippen molar-refractivity contribution in [3.8, 4) is 0 Å². The first kappa shape index (κ1) is 26.5. The highest BCUT2D eigenvalue weighted by molar-refractivity contribution is 6.73. The zero-order valence-corrected chi connectivity index (χ0v) is 23.9. The molecule has 0 N–H and O–H groups in total. The van der Waals surface area contributed by atoms with Crippen molar-refractivity contribution in [3.63, 3.8) is 0 Å². The second-order valence-electron chi connectivity index (χ2n) is 9.87. The summed E-state index contributed by atoms with van der Waals surface area (Å²) in [6, 6.07) is 43.1. The van der Waals surface area contributed by atoms with Crippen LogP contribution in [0.1, 0.15) is 41.0 Å². The Kier molecular flexibility index (Phi) is 9.58. The van der Waals surface area contributed by atoms with E-state index in [1.54, 1.807) is 0 Å². The van der Waals surface area contributed by atoms with Crippen molar-refractivity contribution in [2.45, 2.75) is 24.9 Å². The molecule has 0 aliphatic heterocycles. The van der Waals surface area contributed by atoms with Gasteiger partial charge in [0, 0.05) is 24.5 Å². The first-order chi connectivity index (χ1) is 19.4. The number of hydrogen-bond acceptors (Lipinski definition) is 1. The Morgan fingerprint density at radius 2 is 1.36 bits per heavy atom. The molecule has 4 heteroatoms. The number of rotatable bonds is 12. The standard InChI is InChI=1S/C35H35BN2Si/c1-5-15-29(16-6-1)27-34(32-21-11-4-12-22-32)36-35-37-24-25-38(35)28-39-26-14-13-23-33(30-17-7-2-8-18-30)31-19-9-3-10-20-31/h1-12,14-22,24-27,33,36H,13,23,28,39H2. The van der Waals surface area contributed by atoms with Crippen molar-refractivity contribution in [2.75, 3.05) is 0 Å². The second kappa shape index (κ2) is 14.1. The molecule has 0 aliphatic rings. The van der Waals surface area contributed by atoms with Crippen LogP contribution >= 0.6 is 0 Å². The van der Waals surface area contributed by atoms with Crippen molar-refractivity contribution in [2.24, 2.45) is 0 Å². The third kappa shape index (κ3) is 7.68. The van der Waals surface area contributed by atoms with Gasteiger partial charge in [-0.05, 0) is 35.1 Å². The van der Waals surface area contributed by atoms with Gasteiger partial charge in [0.25, 0.3) is 0 Å². The van der Waals surface area contributed by atoms with Gasteiger partial charge >= 0.3 is 0 Å². The highest BCUT2D eigenvalue weighted by Crippen LogP contribution is 2.29. The molecule has 0 saturated carbocycles. The summed E-state index contributed by atoms with van der Waals surface area (Å²) in [5.74, 6) is 0.437. The maximum Gasteiger partial charge on any atom is 0.239 e. The first-order valence-corrected chi connectivity index (χ1v) is 15.7. The predicted molar refractivity (Wildman–Crippen MR) is 171 cm³/mol. The summed E-state index contributed by atoms with van der Waals surface area (Å²) in [6.45, 7) is 0. The van der Waals surface area contributed by atoms with Crippen LogP contribution in [-0.2, 0) is 6.17 Å². The lowest BCUT2D eigenvalue weighted by atomic mass is 9.65. The lowest BCUT2D eigenvalue weighted by Gasteiger charge is -2.17. The smallest absolute Gasteiger partial charge is 0.239 e. The summed E-state index contributed by atoms with van der Waals surface area (Å²) in [6.07, 6.45) is 12.1. The van der Waals surface area contributed by atoms with Gasteiger partial charge in [0.1, 0.15) is 0 Å². The van der Waals surface area contributed by atoms with Gasteiger partial charge in [0.2, 0.25) is 7.28 Å². The molecule has 192 valence electrons. The highest BCUT2D eigenvalue weighted by atomic mass is 28.2. The summed E-state index contributed by atoms with van der Waals surface area (Å²) in [5.41, 5.74) is 10.2. The third-order valence-electron chi connectivity index (χ3n) is 7.16. The number of aromatic nitrogens is 2. The molecule has 0 radical (unpaired) electrons. The molecule has 0 unspecified atom stereocenters. The molecule has 0 aliphatic carbocycles. The summed E-state index contributed by atoms with van der Waals surface area (Å²) in [7, 11) is 0.439. The number of allylic oxidation sites excluding steroid dienone is 1. The van der Waals surface area contributed by atoms with Crippen LogP contribution in [0.3, 0.4) is 0 Å². The van der Waals surface area contributed by atoms with E-state index in [-0.39, 0.29) is 9.52 Å². The van der Waals surface area contributed by atoms with Crippen molar-refractivity contribution in [1.29, 1.82) is 0 Å². The zero-order chi connectivity index (χ0) is 26.5. The second-order valence-corrected chi connectivity index (χ2v) is 11.4. The van der Waals surface area contributed by atoms with Gasteiger partial charge in [-0.15, -0.1) is 5.70 Å². The molecule has 5 rings (SSSR count). The van der Waals surface area contributed by atoms with E-state index in [1.807, 2.05) is 6.20 Å². The molecule has 0 amide bonds. The van der Waals surface area contributed by atoms with Gasteiger partial charge in [-0.25, -0.2) is 0 Å². The van der Waals surface area contributed by atoms with Crippen molar-refractivity contribution < 1.29 is 0 Å². The number of nitrogens with zero attached hydrogens (tertiary/aromatic N) is 2. The van der Waals surface area contributed by atoms with Gasteiger partial charge < -0.3 is 4.57 Å². The minimum Gasteiger partial charge on any atom is -0.346 e. The van der Waals surface area contributed by atoms with Crippen LogP contribution < -0.4 is 5.72 Å². The van der Waals surface area contributed by atoms with E-state index in [0.29, 0.717) is 5.92 Å². The van der Waals surface area contributed by atoms with Crippen LogP contribution in [0.4, 0.5) is 0 Å². The van der Waals surface area contributed by atoms with E-state index >= 15 is 0 Å². The zero-order valence-electron chi connectivity index (χ0n) is 22.4. The molecule has 2 nitrogen and oxygen atoms in total. The summed E-state index contributed by atoms with van der Waals surface area (Å²) in [4.78, 5) is 4.75. The average Bonchev–Trinajstić information content (AvgIpc) is 3.45. The Bertz CT molecular complexity index is 1420. The molecular weight excluding hydrogens is 487 g/mol. The molecule has 4 aromatic carbocycles. The van der Waals surface area contributed by atoms with E-state index in [1.165, 1.54) is 27.7 Å². The quantitative estimate of drug-likeness (QED) is 0.137. The molecule has 39 heavy (non-hydrogen) atoms. The average molecular weight is 523 g/mol. The van der Waals surface area contributed by atoms with Crippen molar-refractivity contribution in [3.05, 3.63) is 168 Å². The topological polar surface area (TPSA) is 17.8 Å². The predicted octanol–water partition coefficient (Wildman–Crippen LogP) is 6.40. The van der Waals surface area contributed by atoms with Crippen LogP contribution in [-0.4, -0.2) is 26.4 Å². The Morgan fingerprint density at radius 3 is 2.00 bits per heavy atom. The molecule has 0 spiro atoms. The SMILES string of the molecule is B(C(=Cc1ccccc1)c1ccccc1)c1nccn1C[SiH2]C=CCCC(c1ccccc1)c1ccccc1. The van der Waals surface area contributed by atoms with Crippen molar-refractivity contribution >= 4 is 34.1 Å². The van der Waals surface area contributed by atoms with Gasteiger partial charge in [-0.2, -0.15) is 0 Å². The minimum absolute atomic E-state index is 0.380. The van der Waals surface area contributed by atoms with Crippen LogP contribution in [0.2, 0.25) is 0 Å². The van der Waals surface area contributed by atoms with Gasteiger partial charge in [-0.3, -0.25) is 4.98 Å². The molecule has 0 atom stereocenters. The maximum absolute atomic E-state index is 4.75. The molecule has 0 bridgehead atoms. The lowest BCUT2D eigenvalue weighted by molar-refractivity contribution is 0.728. The van der Waals surface area contributed by atoms with Crippen LogP contribution in [0.5, 0.6) is 0 Å². The summed E-state index contributed by atoms with van der Waals surface area (Å²) < 4.78 is 2.36. The van der Waals surface area contributed by atoms with Crippen molar-refractivity contribution in [1.82, 2.24) is 9.55 Å². The number of hydrogen-bond donors (Lipinski definition) is 0. The Hall–Kier alpha value is -4.15. The fraction of sp³-hybridized carbons (Fsp3) is 0.114. The van der Waals surface area contributed by atoms with Crippen LogP contribution in [0.25, 0.3) is 11.5 Å².